The maximum Gasteiger partial charge on any atom is 0.139 e. The second-order valence-corrected chi connectivity index (χ2v) is 4.68. The van der Waals surface area contributed by atoms with E-state index in [-0.39, 0.29) is 5.41 Å². The quantitative estimate of drug-likeness (QED) is 0.503. The Morgan fingerprint density at radius 1 is 1.33 bits per heavy atom. The van der Waals surface area contributed by atoms with E-state index in [0.717, 1.165) is 6.42 Å². The third-order valence-corrected chi connectivity index (χ3v) is 3.56. The van der Waals surface area contributed by atoms with Gasteiger partial charge in [0.1, 0.15) is 5.78 Å². The lowest BCUT2D eigenvalue weighted by atomic mass is 9.74. The van der Waals surface area contributed by atoms with Gasteiger partial charge in [-0.2, -0.15) is 0 Å². The molecule has 2 bridgehead atoms. The highest BCUT2D eigenvalue weighted by Gasteiger charge is 2.40. The third kappa shape index (κ3) is 1.03. The van der Waals surface area contributed by atoms with Crippen molar-refractivity contribution in [1.29, 1.82) is 0 Å². The van der Waals surface area contributed by atoms with Crippen LogP contribution in [0.5, 0.6) is 0 Å². The van der Waals surface area contributed by atoms with E-state index in [0.29, 0.717) is 17.6 Å². The van der Waals surface area contributed by atoms with Gasteiger partial charge in [-0.15, -0.1) is 0 Å². The Kier molecular flexibility index (Phi) is 1.64. The second-order valence-electron chi connectivity index (χ2n) is 4.68. The molecular weight excluding hydrogens is 148 g/mol. The van der Waals surface area contributed by atoms with Crippen LogP contribution in [0.1, 0.15) is 33.1 Å². The van der Waals surface area contributed by atoms with Gasteiger partial charge in [0.2, 0.25) is 0 Å². The predicted octanol–water partition coefficient (Wildman–Crippen LogP) is 2.57. The average Bonchev–Trinajstić information content (AvgIpc) is 2.19. The smallest absolute Gasteiger partial charge is 0.139 e. The monoisotopic (exact) mass is 164 g/mol. The number of carbonyl (C=O) groups is 1. The Balaban J connectivity index is 2.37. The summed E-state index contributed by atoms with van der Waals surface area (Å²) in [6.07, 6.45) is 7.72. The SMILES string of the molecule is CC1(C)C(=O)CC2C=CC1CC2. The van der Waals surface area contributed by atoms with Gasteiger partial charge in [0.25, 0.3) is 0 Å². The maximum atomic E-state index is 11.8. The standard InChI is InChI=1S/C11H16O/c1-11(2)9-5-3-8(4-6-9)7-10(11)12/h3,5,8-9H,4,6-7H2,1-2H3. The van der Waals surface area contributed by atoms with Crippen LogP contribution < -0.4 is 0 Å². The van der Waals surface area contributed by atoms with Crippen LogP contribution in [-0.2, 0) is 4.79 Å². The van der Waals surface area contributed by atoms with Gasteiger partial charge in [-0.05, 0) is 24.7 Å². The van der Waals surface area contributed by atoms with Crippen LogP contribution in [0.2, 0.25) is 0 Å². The van der Waals surface area contributed by atoms with Crippen LogP contribution in [0.3, 0.4) is 0 Å². The van der Waals surface area contributed by atoms with E-state index in [1.54, 1.807) is 0 Å². The van der Waals surface area contributed by atoms with Crippen molar-refractivity contribution >= 4 is 5.78 Å². The van der Waals surface area contributed by atoms with Gasteiger partial charge in [0, 0.05) is 11.8 Å². The van der Waals surface area contributed by atoms with Crippen molar-refractivity contribution in [2.45, 2.75) is 33.1 Å². The summed E-state index contributed by atoms with van der Waals surface area (Å²) in [7, 11) is 0. The first-order chi connectivity index (χ1) is 5.60. The molecule has 3 rings (SSSR count). The van der Waals surface area contributed by atoms with Crippen LogP contribution in [-0.4, -0.2) is 5.78 Å². The lowest BCUT2D eigenvalue weighted by Gasteiger charge is -2.28. The Hall–Kier alpha value is -0.590. The van der Waals surface area contributed by atoms with Gasteiger partial charge in [-0.25, -0.2) is 0 Å². The fraction of sp³-hybridized carbons (Fsp3) is 0.727. The molecule has 66 valence electrons. The van der Waals surface area contributed by atoms with E-state index in [4.69, 9.17) is 0 Å². The molecule has 1 heteroatoms. The van der Waals surface area contributed by atoms with Crippen molar-refractivity contribution in [2.75, 3.05) is 0 Å². The fourth-order valence-electron chi connectivity index (χ4n) is 2.36. The molecule has 0 N–H and O–H groups in total. The lowest BCUT2D eigenvalue weighted by Crippen LogP contribution is -2.29. The molecule has 0 aromatic carbocycles. The first-order valence-corrected chi connectivity index (χ1v) is 4.82. The van der Waals surface area contributed by atoms with Crippen molar-refractivity contribution < 1.29 is 4.79 Å². The molecule has 2 atom stereocenters. The lowest BCUT2D eigenvalue weighted by molar-refractivity contribution is -0.128. The molecule has 1 saturated carbocycles. The minimum absolute atomic E-state index is 0.0955. The summed E-state index contributed by atoms with van der Waals surface area (Å²) in [5, 5.41) is 0. The van der Waals surface area contributed by atoms with E-state index >= 15 is 0 Å². The van der Waals surface area contributed by atoms with E-state index in [1.165, 1.54) is 12.8 Å². The van der Waals surface area contributed by atoms with Crippen LogP contribution in [0.4, 0.5) is 0 Å². The minimum Gasteiger partial charge on any atom is -0.299 e. The molecule has 0 saturated heterocycles. The fourth-order valence-corrected chi connectivity index (χ4v) is 2.36. The van der Waals surface area contributed by atoms with E-state index < -0.39 is 0 Å². The molecule has 0 radical (unpaired) electrons. The molecule has 0 aromatic heterocycles. The zero-order valence-corrected chi connectivity index (χ0v) is 7.84. The van der Waals surface area contributed by atoms with Crippen LogP contribution in [0.25, 0.3) is 0 Å². The van der Waals surface area contributed by atoms with Crippen molar-refractivity contribution in [3.63, 3.8) is 0 Å². The number of ketones is 1. The number of allylic oxidation sites excluding steroid dienone is 2. The Morgan fingerprint density at radius 3 is 2.67 bits per heavy atom. The average molecular weight is 164 g/mol. The topological polar surface area (TPSA) is 17.1 Å². The number of rotatable bonds is 0. The summed E-state index contributed by atoms with van der Waals surface area (Å²) in [6.45, 7) is 4.19. The molecule has 1 nitrogen and oxygen atoms in total. The van der Waals surface area contributed by atoms with Gasteiger partial charge in [0.15, 0.2) is 0 Å². The molecule has 0 aliphatic heterocycles. The molecule has 0 aromatic rings. The van der Waals surface area contributed by atoms with Crippen molar-refractivity contribution in [2.24, 2.45) is 17.3 Å². The Labute approximate surface area is 73.8 Å². The Morgan fingerprint density at radius 2 is 2.08 bits per heavy atom. The number of carbonyl (C=O) groups excluding carboxylic acids is 1. The first-order valence-electron chi connectivity index (χ1n) is 4.82. The molecule has 3 aliphatic carbocycles. The van der Waals surface area contributed by atoms with E-state index in [1.807, 2.05) is 0 Å². The molecule has 2 unspecified atom stereocenters. The van der Waals surface area contributed by atoms with E-state index in [9.17, 15) is 4.79 Å². The molecule has 3 aliphatic rings. The van der Waals surface area contributed by atoms with Crippen LogP contribution in [0, 0.1) is 17.3 Å². The number of hydrogen-bond acceptors (Lipinski definition) is 1. The van der Waals surface area contributed by atoms with Crippen LogP contribution in [0.15, 0.2) is 12.2 Å². The summed E-state index contributed by atoms with van der Waals surface area (Å²) in [5.74, 6) is 1.51. The predicted molar refractivity (Wildman–Crippen MR) is 48.8 cm³/mol. The Bertz CT molecular complexity index is 237. The summed E-state index contributed by atoms with van der Waals surface area (Å²) in [6, 6.07) is 0. The largest absolute Gasteiger partial charge is 0.299 e. The van der Waals surface area contributed by atoms with E-state index in [2.05, 4.69) is 26.0 Å². The highest BCUT2D eigenvalue weighted by Crippen LogP contribution is 2.43. The molecule has 0 spiro atoms. The summed E-state index contributed by atoms with van der Waals surface area (Å²) in [5.41, 5.74) is -0.0955. The van der Waals surface area contributed by atoms with Gasteiger partial charge in [-0.3, -0.25) is 4.79 Å². The minimum atomic E-state index is -0.0955. The van der Waals surface area contributed by atoms with Gasteiger partial charge in [-0.1, -0.05) is 26.0 Å². The highest BCUT2D eigenvalue weighted by molar-refractivity contribution is 5.85. The van der Waals surface area contributed by atoms with Crippen LogP contribution >= 0.6 is 0 Å². The zero-order chi connectivity index (χ0) is 8.77. The van der Waals surface area contributed by atoms with Crippen molar-refractivity contribution in [3.8, 4) is 0 Å². The maximum absolute atomic E-state index is 11.8. The molecule has 0 amide bonds. The number of fused-ring (bicyclic) bond motifs is 3. The summed E-state index contributed by atoms with van der Waals surface area (Å²) in [4.78, 5) is 11.8. The first kappa shape index (κ1) is 8.03. The number of hydrogen-bond donors (Lipinski definition) is 0. The summed E-state index contributed by atoms with van der Waals surface area (Å²) < 4.78 is 0. The zero-order valence-electron chi connectivity index (χ0n) is 7.84. The molecular formula is C11H16O. The van der Waals surface area contributed by atoms with Gasteiger partial charge < -0.3 is 0 Å². The van der Waals surface area contributed by atoms with Crippen molar-refractivity contribution in [3.05, 3.63) is 12.2 Å². The molecule has 1 fully saturated rings. The number of Topliss-reactive ketones (excluding diaryl/α,β-unsaturated/α-hetero) is 1. The second kappa shape index (κ2) is 2.45. The highest BCUT2D eigenvalue weighted by atomic mass is 16.1. The van der Waals surface area contributed by atoms with Gasteiger partial charge in [0.05, 0.1) is 0 Å². The normalized spacial score (nSPS) is 38.3. The van der Waals surface area contributed by atoms with Gasteiger partial charge >= 0.3 is 0 Å². The molecule has 12 heavy (non-hydrogen) atoms. The third-order valence-electron chi connectivity index (χ3n) is 3.56. The molecule has 0 heterocycles. The van der Waals surface area contributed by atoms with Crippen molar-refractivity contribution in [1.82, 2.24) is 0 Å². The summed E-state index contributed by atoms with van der Waals surface area (Å²) >= 11 is 0.